The molecule has 1 aliphatic rings. The number of para-hydroxylation sites is 1. The van der Waals surface area contributed by atoms with Crippen LogP contribution in [0.5, 0.6) is 0 Å². The van der Waals surface area contributed by atoms with Crippen molar-refractivity contribution in [3.63, 3.8) is 0 Å². The van der Waals surface area contributed by atoms with Crippen molar-refractivity contribution < 1.29 is 9.90 Å². The van der Waals surface area contributed by atoms with Crippen molar-refractivity contribution in [2.75, 3.05) is 25.0 Å². The number of hydrogen-bond acceptors (Lipinski definition) is 3. The molecule has 0 radical (unpaired) electrons. The van der Waals surface area contributed by atoms with Crippen LogP contribution < -0.4 is 5.32 Å². The average Bonchev–Trinajstić information content (AvgIpc) is 2.48. The van der Waals surface area contributed by atoms with Crippen LogP contribution in [0.3, 0.4) is 0 Å². The Bertz CT molecular complexity index is 471. The second kappa shape index (κ2) is 7.78. The van der Waals surface area contributed by atoms with Gasteiger partial charge in [0.1, 0.15) is 0 Å². The lowest BCUT2D eigenvalue weighted by atomic mass is 9.92. The molecule has 0 spiro atoms. The number of anilines is 1. The largest absolute Gasteiger partial charge is 0.393 e. The first-order chi connectivity index (χ1) is 10.1. The topological polar surface area (TPSA) is 52.6 Å². The van der Waals surface area contributed by atoms with Crippen LogP contribution >= 0.6 is 11.6 Å². The number of carbonyl (C=O) groups excluding carboxylic acids is 1. The van der Waals surface area contributed by atoms with Crippen LogP contribution in [0, 0.1) is 5.92 Å². The van der Waals surface area contributed by atoms with Crippen LogP contribution in [0.1, 0.15) is 26.2 Å². The van der Waals surface area contributed by atoms with Gasteiger partial charge in [-0.05, 0) is 50.9 Å². The number of amides is 1. The first-order valence-corrected chi connectivity index (χ1v) is 7.89. The van der Waals surface area contributed by atoms with Crippen LogP contribution in [0.25, 0.3) is 0 Å². The Morgan fingerprint density at radius 2 is 2.10 bits per heavy atom. The van der Waals surface area contributed by atoms with E-state index < -0.39 is 0 Å². The maximum Gasteiger partial charge on any atom is 0.225 e. The summed E-state index contributed by atoms with van der Waals surface area (Å²) in [5.74, 6) is 0.388. The number of carbonyl (C=O) groups is 1. The fraction of sp³-hybridized carbons (Fsp3) is 0.562. The zero-order valence-corrected chi connectivity index (χ0v) is 13.1. The van der Waals surface area contributed by atoms with Crippen molar-refractivity contribution in [1.29, 1.82) is 0 Å². The van der Waals surface area contributed by atoms with Gasteiger partial charge in [-0.2, -0.15) is 0 Å². The van der Waals surface area contributed by atoms with E-state index in [9.17, 15) is 9.90 Å². The molecule has 1 saturated heterocycles. The maximum absolute atomic E-state index is 11.9. The minimum absolute atomic E-state index is 0.0132. The molecule has 0 aromatic heterocycles. The number of nitrogens with zero attached hydrogens (tertiary/aromatic N) is 1. The molecule has 1 amide bonds. The molecule has 4 nitrogen and oxygen atoms in total. The normalized spacial score (nSPS) is 18.4. The molecule has 1 unspecified atom stereocenters. The first-order valence-electron chi connectivity index (χ1n) is 7.51. The summed E-state index contributed by atoms with van der Waals surface area (Å²) in [7, 11) is 0. The SMILES string of the molecule is CC(O)C1CCN(CCC(=O)Nc2ccccc2Cl)CC1. The molecule has 1 atom stereocenters. The molecule has 0 saturated carbocycles. The van der Waals surface area contributed by atoms with Crippen LogP contribution in [0.15, 0.2) is 24.3 Å². The number of likely N-dealkylation sites (tertiary alicyclic amines) is 1. The number of aliphatic hydroxyl groups is 1. The average molecular weight is 311 g/mol. The van der Waals surface area contributed by atoms with Gasteiger partial charge in [0.05, 0.1) is 16.8 Å². The third kappa shape index (κ3) is 4.99. The van der Waals surface area contributed by atoms with Crippen molar-refractivity contribution in [2.45, 2.75) is 32.3 Å². The number of nitrogens with one attached hydrogen (secondary N) is 1. The molecule has 0 bridgehead atoms. The molecule has 1 fully saturated rings. The van der Waals surface area contributed by atoms with E-state index in [1.165, 1.54) is 0 Å². The van der Waals surface area contributed by atoms with E-state index in [4.69, 9.17) is 11.6 Å². The third-order valence-electron chi connectivity index (χ3n) is 4.12. The standard InChI is InChI=1S/C16H23ClN2O2/c1-12(20)13-6-9-19(10-7-13)11-8-16(21)18-15-5-3-2-4-14(15)17/h2-5,12-13,20H,6-11H2,1H3,(H,18,21). The van der Waals surface area contributed by atoms with Crippen molar-refractivity contribution >= 4 is 23.2 Å². The molecular weight excluding hydrogens is 288 g/mol. The Balaban J connectivity index is 1.72. The zero-order chi connectivity index (χ0) is 15.2. The lowest BCUT2D eigenvalue weighted by Gasteiger charge is -2.33. The molecular formula is C16H23ClN2O2. The van der Waals surface area contributed by atoms with E-state index in [2.05, 4.69) is 10.2 Å². The van der Waals surface area contributed by atoms with Gasteiger partial charge in [-0.25, -0.2) is 0 Å². The van der Waals surface area contributed by atoms with E-state index in [-0.39, 0.29) is 12.0 Å². The molecule has 0 aliphatic carbocycles. The first kappa shape index (κ1) is 16.3. The lowest BCUT2D eigenvalue weighted by molar-refractivity contribution is -0.116. The molecule has 1 heterocycles. The summed E-state index contributed by atoms with van der Waals surface area (Å²) in [4.78, 5) is 14.2. The van der Waals surface area contributed by atoms with Gasteiger partial charge in [-0.15, -0.1) is 0 Å². The molecule has 2 rings (SSSR count). The van der Waals surface area contributed by atoms with Crippen molar-refractivity contribution in [1.82, 2.24) is 4.90 Å². The van der Waals surface area contributed by atoms with Crippen LogP contribution in [0.2, 0.25) is 5.02 Å². The number of aliphatic hydroxyl groups excluding tert-OH is 1. The summed E-state index contributed by atoms with van der Waals surface area (Å²) in [5, 5.41) is 13.0. The number of rotatable bonds is 5. The van der Waals surface area contributed by atoms with Crippen molar-refractivity contribution in [3.05, 3.63) is 29.3 Å². The molecule has 2 N–H and O–H groups in total. The summed E-state index contributed by atoms with van der Waals surface area (Å²) in [6.07, 6.45) is 2.24. The summed E-state index contributed by atoms with van der Waals surface area (Å²) in [6, 6.07) is 7.25. The third-order valence-corrected chi connectivity index (χ3v) is 4.45. The highest BCUT2D eigenvalue weighted by Gasteiger charge is 2.22. The predicted molar refractivity (Wildman–Crippen MR) is 85.5 cm³/mol. The Morgan fingerprint density at radius 3 is 2.71 bits per heavy atom. The zero-order valence-electron chi connectivity index (χ0n) is 12.4. The highest BCUT2D eigenvalue weighted by atomic mass is 35.5. The van der Waals surface area contributed by atoms with E-state index >= 15 is 0 Å². The maximum atomic E-state index is 11.9. The van der Waals surface area contributed by atoms with Gasteiger partial charge in [0.25, 0.3) is 0 Å². The van der Waals surface area contributed by atoms with Gasteiger partial charge in [0.15, 0.2) is 0 Å². The number of hydrogen-bond donors (Lipinski definition) is 2. The summed E-state index contributed by atoms with van der Waals surface area (Å²) in [6.45, 7) is 4.52. The van der Waals surface area contributed by atoms with Crippen molar-refractivity contribution in [3.8, 4) is 0 Å². The fourth-order valence-electron chi connectivity index (χ4n) is 2.69. The fourth-order valence-corrected chi connectivity index (χ4v) is 2.88. The van der Waals surface area contributed by atoms with Crippen LogP contribution in [0.4, 0.5) is 5.69 Å². The quantitative estimate of drug-likeness (QED) is 0.879. The Kier molecular flexibility index (Phi) is 6.03. The van der Waals surface area contributed by atoms with Gasteiger partial charge in [-0.1, -0.05) is 23.7 Å². The van der Waals surface area contributed by atoms with Crippen LogP contribution in [-0.2, 0) is 4.79 Å². The van der Waals surface area contributed by atoms with E-state index in [0.717, 1.165) is 32.5 Å². The van der Waals surface area contributed by atoms with Crippen LogP contribution in [-0.4, -0.2) is 41.7 Å². The van der Waals surface area contributed by atoms with Gasteiger partial charge >= 0.3 is 0 Å². The molecule has 1 aromatic carbocycles. The van der Waals surface area contributed by atoms with E-state index in [1.54, 1.807) is 12.1 Å². The number of benzene rings is 1. The highest BCUT2D eigenvalue weighted by molar-refractivity contribution is 6.33. The van der Waals surface area contributed by atoms with Gasteiger partial charge in [0, 0.05) is 13.0 Å². The Hall–Kier alpha value is -1.10. The second-order valence-electron chi connectivity index (χ2n) is 5.70. The van der Waals surface area contributed by atoms with E-state index in [1.807, 2.05) is 19.1 Å². The Labute approximate surface area is 131 Å². The monoisotopic (exact) mass is 310 g/mol. The minimum atomic E-state index is -0.226. The molecule has 1 aromatic rings. The number of halogens is 1. The lowest BCUT2D eigenvalue weighted by Crippen LogP contribution is -2.38. The molecule has 1 aliphatic heterocycles. The second-order valence-corrected chi connectivity index (χ2v) is 6.10. The van der Waals surface area contributed by atoms with Gasteiger partial charge in [-0.3, -0.25) is 4.79 Å². The summed E-state index contributed by atoms with van der Waals surface area (Å²) in [5.41, 5.74) is 0.664. The smallest absolute Gasteiger partial charge is 0.225 e. The molecule has 116 valence electrons. The number of piperidine rings is 1. The minimum Gasteiger partial charge on any atom is -0.393 e. The van der Waals surface area contributed by atoms with Crippen molar-refractivity contribution in [2.24, 2.45) is 5.92 Å². The summed E-state index contributed by atoms with van der Waals surface area (Å²) < 4.78 is 0. The Morgan fingerprint density at radius 1 is 1.43 bits per heavy atom. The molecule has 21 heavy (non-hydrogen) atoms. The molecule has 5 heteroatoms. The van der Waals surface area contributed by atoms with E-state index in [0.29, 0.717) is 23.0 Å². The predicted octanol–water partition coefficient (Wildman–Crippen LogP) is 2.76. The highest BCUT2D eigenvalue weighted by Crippen LogP contribution is 2.22. The van der Waals surface area contributed by atoms with Gasteiger partial charge in [0.2, 0.25) is 5.91 Å². The van der Waals surface area contributed by atoms with Gasteiger partial charge < -0.3 is 15.3 Å². The summed E-state index contributed by atoms with van der Waals surface area (Å²) >= 11 is 6.01.